The molecule has 0 aromatic heterocycles. The van der Waals surface area contributed by atoms with Gasteiger partial charge in [0.25, 0.3) is 5.91 Å². The molecular weight excluding hydrogens is 330 g/mol. The van der Waals surface area contributed by atoms with Crippen molar-refractivity contribution >= 4 is 11.8 Å². The van der Waals surface area contributed by atoms with Crippen LogP contribution in [0.25, 0.3) is 0 Å². The van der Waals surface area contributed by atoms with E-state index < -0.39 is 0 Å². The Hall–Kier alpha value is -2.86. The standard InChI is InChI=1S/C20H25N3O3/c1-26-18-9-5-15(6-10-18)13-19(24)23-14-16-3-7-17(8-4-16)20(25)22-12-2-11-21/h3-10H,2,11-14,21H2,1H3,(H,22,25)(H,23,24). The lowest BCUT2D eigenvalue weighted by Crippen LogP contribution is -2.26. The number of carbonyl (C=O) groups excluding carboxylic acids is 2. The fraction of sp³-hybridized carbons (Fsp3) is 0.300. The van der Waals surface area contributed by atoms with Crippen molar-refractivity contribution in [2.45, 2.75) is 19.4 Å². The molecule has 0 aliphatic carbocycles. The van der Waals surface area contributed by atoms with Crippen LogP contribution in [0.5, 0.6) is 5.75 Å². The average molecular weight is 355 g/mol. The maximum Gasteiger partial charge on any atom is 0.251 e. The van der Waals surface area contributed by atoms with E-state index in [0.717, 1.165) is 23.3 Å². The Morgan fingerprint density at radius 3 is 2.23 bits per heavy atom. The fourth-order valence-corrected chi connectivity index (χ4v) is 2.37. The van der Waals surface area contributed by atoms with Gasteiger partial charge in [-0.2, -0.15) is 0 Å². The SMILES string of the molecule is COc1ccc(CC(=O)NCc2ccc(C(=O)NCCCN)cc2)cc1. The second-order valence-electron chi connectivity index (χ2n) is 5.90. The molecule has 0 unspecified atom stereocenters. The van der Waals surface area contributed by atoms with Gasteiger partial charge in [0, 0.05) is 18.7 Å². The van der Waals surface area contributed by atoms with Gasteiger partial charge in [-0.1, -0.05) is 24.3 Å². The molecule has 0 saturated heterocycles. The van der Waals surface area contributed by atoms with Gasteiger partial charge in [0.05, 0.1) is 13.5 Å². The van der Waals surface area contributed by atoms with Crippen molar-refractivity contribution in [1.29, 1.82) is 0 Å². The molecule has 138 valence electrons. The van der Waals surface area contributed by atoms with E-state index in [4.69, 9.17) is 10.5 Å². The first-order chi connectivity index (χ1) is 12.6. The van der Waals surface area contributed by atoms with Gasteiger partial charge in [0.15, 0.2) is 0 Å². The number of rotatable bonds is 9. The van der Waals surface area contributed by atoms with E-state index in [1.165, 1.54) is 0 Å². The summed E-state index contributed by atoms with van der Waals surface area (Å²) in [7, 11) is 1.61. The summed E-state index contributed by atoms with van der Waals surface area (Å²) < 4.78 is 5.10. The van der Waals surface area contributed by atoms with Gasteiger partial charge in [0.2, 0.25) is 5.91 Å². The van der Waals surface area contributed by atoms with Crippen molar-refractivity contribution in [1.82, 2.24) is 10.6 Å². The van der Waals surface area contributed by atoms with Crippen molar-refractivity contribution in [3.8, 4) is 5.75 Å². The highest BCUT2D eigenvalue weighted by Gasteiger charge is 2.06. The zero-order chi connectivity index (χ0) is 18.8. The van der Waals surface area contributed by atoms with E-state index in [-0.39, 0.29) is 11.8 Å². The van der Waals surface area contributed by atoms with Crippen LogP contribution in [0.1, 0.15) is 27.9 Å². The molecule has 26 heavy (non-hydrogen) atoms. The molecule has 0 radical (unpaired) electrons. The molecule has 4 N–H and O–H groups in total. The minimum absolute atomic E-state index is 0.0567. The summed E-state index contributed by atoms with van der Waals surface area (Å²) in [6.45, 7) is 1.54. The smallest absolute Gasteiger partial charge is 0.251 e. The highest BCUT2D eigenvalue weighted by atomic mass is 16.5. The molecule has 0 bridgehead atoms. The lowest BCUT2D eigenvalue weighted by Gasteiger charge is -2.08. The predicted molar refractivity (Wildman–Crippen MR) is 101 cm³/mol. The minimum atomic E-state index is -0.117. The largest absolute Gasteiger partial charge is 0.497 e. The molecule has 0 aliphatic heterocycles. The second kappa shape index (κ2) is 10.2. The number of nitrogens with two attached hydrogens (primary N) is 1. The first-order valence-electron chi connectivity index (χ1n) is 8.59. The summed E-state index contributed by atoms with van der Waals surface area (Å²) in [6, 6.07) is 14.6. The molecule has 2 rings (SSSR count). The maximum atomic E-state index is 12.0. The summed E-state index contributed by atoms with van der Waals surface area (Å²) in [5.41, 5.74) is 7.85. The Morgan fingerprint density at radius 2 is 1.62 bits per heavy atom. The quantitative estimate of drug-likeness (QED) is 0.596. The average Bonchev–Trinajstić information content (AvgIpc) is 2.67. The van der Waals surface area contributed by atoms with E-state index in [1.807, 2.05) is 36.4 Å². The molecule has 0 saturated carbocycles. The molecule has 0 spiro atoms. The van der Waals surface area contributed by atoms with Gasteiger partial charge in [-0.25, -0.2) is 0 Å². The number of nitrogens with one attached hydrogen (secondary N) is 2. The molecule has 2 aromatic carbocycles. The molecule has 2 amide bonds. The second-order valence-corrected chi connectivity index (χ2v) is 5.90. The van der Waals surface area contributed by atoms with Gasteiger partial charge < -0.3 is 21.1 Å². The number of ether oxygens (including phenoxy) is 1. The van der Waals surface area contributed by atoms with Gasteiger partial charge in [-0.05, 0) is 48.4 Å². The normalized spacial score (nSPS) is 10.2. The zero-order valence-electron chi connectivity index (χ0n) is 15.0. The number of methoxy groups -OCH3 is 1. The van der Waals surface area contributed by atoms with Crippen LogP contribution in [0.2, 0.25) is 0 Å². The fourth-order valence-electron chi connectivity index (χ4n) is 2.37. The zero-order valence-corrected chi connectivity index (χ0v) is 15.0. The third kappa shape index (κ3) is 6.22. The van der Waals surface area contributed by atoms with Crippen LogP contribution in [0.4, 0.5) is 0 Å². The highest BCUT2D eigenvalue weighted by molar-refractivity contribution is 5.94. The van der Waals surface area contributed by atoms with Crippen LogP contribution in [0, 0.1) is 0 Å². The first-order valence-corrected chi connectivity index (χ1v) is 8.59. The van der Waals surface area contributed by atoms with Crippen LogP contribution in [0.15, 0.2) is 48.5 Å². The third-order valence-electron chi connectivity index (χ3n) is 3.90. The first kappa shape index (κ1) is 19.5. The van der Waals surface area contributed by atoms with E-state index in [9.17, 15) is 9.59 Å². The topological polar surface area (TPSA) is 93.4 Å². The van der Waals surface area contributed by atoms with Gasteiger partial charge in [-0.15, -0.1) is 0 Å². The summed E-state index contributed by atoms with van der Waals surface area (Å²) in [4.78, 5) is 24.0. The number of benzene rings is 2. The number of hydrogen-bond acceptors (Lipinski definition) is 4. The van der Waals surface area contributed by atoms with Crippen LogP contribution in [0.3, 0.4) is 0 Å². The molecule has 2 aromatic rings. The minimum Gasteiger partial charge on any atom is -0.497 e. The van der Waals surface area contributed by atoms with Crippen molar-refractivity contribution < 1.29 is 14.3 Å². The van der Waals surface area contributed by atoms with Crippen LogP contribution >= 0.6 is 0 Å². The van der Waals surface area contributed by atoms with Gasteiger partial charge in [0.1, 0.15) is 5.75 Å². The van der Waals surface area contributed by atoms with E-state index in [1.54, 1.807) is 19.2 Å². The van der Waals surface area contributed by atoms with Crippen LogP contribution in [-0.4, -0.2) is 32.0 Å². The van der Waals surface area contributed by atoms with Gasteiger partial charge in [-0.3, -0.25) is 9.59 Å². The predicted octanol–water partition coefficient (Wildman–Crippen LogP) is 1.63. The van der Waals surface area contributed by atoms with Crippen molar-refractivity contribution in [2.75, 3.05) is 20.2 Å². The molecule has 6 nitrogen and oxygen atoms in total. The maximum absolute atomic E-state index is 12.0. The Labute approximate surface area is 153 Å². The summed E-state index contributed by atoms with van der Waals surface area (Å²) in [5, 5.41) is 5.69. The van der Waals surface area contributed by atoms with Crippen molar-refractivity contribution in [3.63, 3.8) is 0 Å². The van der Waals surface area contributed by atoms with E-state index in [2.05, 4.69) is 10.6 Å². The number of hydrogen-bond donors (Lipinski definition) is 3. The summed E-state index contributed by atoms with van der Waals surface area (Å²) >= 11 is 0. The Balaban J connectivity index is 1.79. The summed E-state index contributed by atoms with van der Waals surface area (Å²) in [5.74, 6) is 0.591. The molecule has 0 heterocycles. The molecule has 6 heteroatoms. The molecular formula is C20H25N3O3. The van der Waals surface area contributed by atoms with Gasteiger partial charge >= 0.3 is 0 Å². The van der Waals surface area contributed by atoms with E-state index >= 15 is 0 Å². The monoisotopic (exact) mass is 355 g/mol. The van der Waals surface area contributed by atoms with Crippen LogP contribution in [-0.2, 0) is 17.8 Å². The number of amides is 2. The van der Waals surface area contributed by atoms with Crippen LogP contribution < -0.4 is 21.1 Å². The molecule has 0 aliphatic rings. The molecule has 0 atom stereocenters. The Bertz CT molecular complexity index is 712. The third-order valence-corrected chi connectivity index (χ3v) is 3.90. The number of carbonyl (C=O) groups is 2. The Kier molecular flexibility index (Phi) is 7.64. The Morgan fingerprint density at radius 1 is 0.962 bits per heavy atom. The lowest BCUT2D eigenvalue weighted by atomic mass is 10.1. The summed E-state index contributed by atoms with van der Waals surface area (Å²) in [6.07, 6.45) is 1.07. The van der Waals surface area contributed by atoms with Crippen molar-refractivity contribution in [2.24, 2.45) is 5.73 Å². The lowest BCUT2D eigenvalue weighted by molar-refractivity contribution is -0.120. The van der Waals surface area contributed by atoms with E-state index in [0.29, 0.717) is 31.6 Å². The van der Waals surface area contributed by atoms with Crippen molar-refractivity contribution in [3.05, 3.63) is 65.2 Å². The highest BCUT2D eigenvalue weighted by Crippen LogP contribution is 2.11. The molecule has 0 fully saturated rings.